The molecule has 10 nitrogen and oxygen atoms in total. The second-order valence-electron chi connectivity index (χ2n) is 9.69. The second-order valence-corrected chi connectivity index (χ2v) is 9.69. The van der Waals surface area contributed by atoms with Gasteiger partial charge in [-0.1, -0.05) is 12.1 Å². The molecule has 0 aliphatic carbocycles. The predicted molar refractivity (Wildman–Crippen MR) is 148 cm³/mol. The van der Waals surface area contributed by atoms with Gasteiger partial charge in [-0.2, -0.15) is 0 Å². The molecule has 1 unspecified atom stereocenters. The van der Waals surface area contributed by atoms with Crippen LogP contribution in [0.4, 0.5) is 5.69 Å². The molecule has 0 radical (unpaired) electrons. The summed E-state index contributed by atoms with van der Waals surface area (Å²) in [5.74, 6) is 0.997. The minimum absolute atomic E-state index is 0.0762. The summed E-state index contributed by atoms with van der Waals surface area (Å²) in [7, 11) is 1.59. The molecule has 1 atom stereocenters. The number of nitrogens with zero attached hydrogens (tertiary/aromatic N) is 2. The van der Waals surface area contributed by atoms with Crippen LogP contribution < -0.4 is 24.8 Å². The normalized spacial score (nSPS) is 18.0. The number of aromatic nitrogens is 1. The molecule has 0 fully saturated rings. The van der Waals surface area contributed by atoms with Gasteiger partial charge in [-0.05, 0) is 54.3 Å². The van der Waals surface area contributed by atoms with Gasteiger partial charge in [-0.3, -0.25) is 19.4 Å². The van der Waals surface area contributed by atoms with Crippen LogP contribution in [-0.2, 0) is 9.59 Å². The van der Waals surface area contributed by atoms with Crippen LogP contribution in [0, 0.1) is 0 Å². The molecule has 2 N–H and O–H groups in total. The van der Waals surface area contributed by atoms with Gasteiger partial charge in [-0.15, -0.1) is 0 Å². The van der Waals surface area contributed by atoms with E-state index in [0.717, 1.165) is 11.1 Å². The van der Waals surface area contributed by atoms with Crippen LogP contribution in [0.5, 0.6) is 17.2 Å². The number of anilines is 1. The maximum atomic E-state index is 13.1. The monoisotopic (exact) mass is 544 g/mol. The molecule has 40 heavy (non-hydrogen) atoms. The first-order valence-corrected chi connectivity index (χ1v) is 13.3. The van der Waals surface area contributed by atoms with Crippen molar-refractivity contribution in [2.75, 3.05) is 45.3 Å². The fourth-order valence-corrected chi connectivity index (χ4v) is 4.95. The topological polar surface area (TPSA) is 119 Å². The van der Waals surface area contributed by atoms with Crippen LogP contribution in [0.2, 0.25) is 0 Å². The maximum Gasteiger partial charge on any atom is 0.255 e. The van der Waals surface area contributed by atoms with Crippen LogP contribution in [-0.4, -0.2) is 67.6 Å². The molecule has 3 amide bonds. The average Bonchev–Trinajstić information content (AvgIpc) is 2.97. The molecule has 208 valence electrons. The van der Waals surface area contributed by atoms with Gasteiger partial charge in [0.05, 0.1) is 32.4 Å². The molecule has 6 rings (SSSR count). The third kappa shape index (κ3) is 6.33. The molecular formula is C30H32N4O6. The van der Waals surface area contributed by atoms with Crippen molar-refractivity contribution in [2.45, 2.75) is 25.2 Å². The predicted octanol–water partition coefficient (Wildman–Crippen LogP) is 3.37. The summed E-state index contributed by atoms with van der Waals surface area (Å²) in [4.78, 5) is 44.0. The van der Waals surface area contributed by atoms with Crippen LogP contribution in [0.1, 0.15) is 46.7 Å². The number of ether oxygens (including phenoxy) is 3. The molecule has 3 aliphatic rings. The zero-order chi connectivity index (χ0) is 27.9. The van der Waals surface area contributed by atoms with Crippen molar-refractivity contribution >= 4 is 23.4 Å². The van der Waals surface area contributed by atoms with E-state index in [1.54, 1.807) is 31.5 Å². The van der Waals surface area contributed by atoms with Crippen molar-refractivity contribution in [1.82, 2.24) is 15.2 Å². The van der Waals surface area contributed by atoms with Crippen molar-refractivity contribution in [1.29, 1.82) is 0 Å². The van der Waals surface area contributed by atoms with Gasteiger partial charge < -0.3 is 29.7 Å². The summed E-state index contributed by atoms with van der Waals surface area (Å²) in [6, 6.07) is 14.7. The van der Waals surface area contributed by atoms with E-state index in [-0.39, 0.29) is 43.3 Å². The number of amides is 3. The van der Waals surface area contributed by atoms with Gasteiger partial charge in [0.1, 0.15) is 12.4 Å². The van der Waals surface area contributed by atoms with Crippen LogP contribution in [0.3, 0.4) is 0 Å². The Balaban J connectivity index is 1.39. The SMILES string of the molecule is COc1ccc2cc1OCCCCN(C(=O)c1cccnc1)CC(=O)NCCOc1ccc3c(c1)NC(=O)CC23. The van der Waals surface area contributed by atoms with E-state index in [1.807, 2.05) is 30.3 Å². The Morgan fingerprint density at radius 2 is 1.95 bits per heavy atom. The number of carbonyl (C=O) groups excluding carboxylic acids is 3. The minimum Gasteiger partial charge on any atom is -0.493 e. The first-order valence-electron chi connectivity index (χ1n) is 13.3. The quantitative estimate of drug-likeness (QED) is 0.475. The Bertz CT molecular complexity index is 1380. The molecule has 4 heterocycles. The zero-order valence-electron chi connectivity index (χ0n) is 22.4. The smallest absolute Gasteiger partial charge is 0.255 e. The van der Waals surface area contributed by atoms with Crippen molar-refractivity contribution in [2.24, 2.45) is 0 Å². The lowest BCUT2D eigenvalue weighted by molar-refractivity contribution is -0.122. The van der Waals surface area contributed by atoms with E-state index >= 15 is 0 Å². The highest BCUT2D eigenvalue weighted by molar-refractivity contribution is 5.96. The van der Waals surface area contributed by atoms with Crippen molar-refractivity contribution < 1.29 is 28.6 Å². The standard InChI is InChI=1S/C30H32N4O6/c1-38-26-9-6-20-15-27(26)40-13-3-2-12-34(30(37)21-5-4-10-31-18-21)19-29(36)32-11-14-39-22-7-8-23-24(20)17-28(35)33-25(23)16-22/h4-10,15-16,18,24H,2-3,11-14,17,19H2,1H3,(H,32,36)(H,33,35). The molecule has 0 saturated heterocycles. The van der Waals surface area contributed by atoms with E-state index < -0.39 is 0 Å². The molecule has 6 bridgehead atoms. The zero-order valence-corrected chi connectivity index (χ0v) is 22.4. The Morgan fingerprint density at radius 3 is 2.77 bits per heavy atom. The van der Waals surface area contributed by atoms with Gasteiger partial charge in [0.25, 0.3) is 5.91 Å². The lowest BCUT2D eigenvalue weighted by Crippen LogP contribution is -2.42. The molecule has 2 aromatic carbocycles. The molecule has 0 saturated carbocycles. The third-order valence-electron chi connectivity index (χ3n) is 6.96. The van der Waals surface area contributed by atoms with Gasteiger partial charge in [0.15, 0.2) is 11.5 Å². The Hall–Kier alpha value is -4.60. The number of nitrogens with one attached hydrogen (secondary N) is 2. The molecule has 0 spiro atoms. The number of hydrogen-bond acceptors (Lipinski definition) is 7. The highest BCUT2D eigenvalue weighted by atomic mass is 16.5. The summed E-state index contributed by atoms with van der Waals surface area (Å²) < 4.78 is 17.5. The summed E-state index contributed by atoms with van der Waals surface area (Å²) in [5, 5.41) is 5.77. The van der Waals surface area contributed by atoms with Crippen LogP contribution in [0.15, 0.2) is 60.9 Å². The van der Waals surface area contributed by atoms with Crippen molar-refractivity contribution in [3.8, 4) is 17.2 Å². The van der Waals surface area contributed by atoms with E-state index in [4.69, 9.17) is 14.2 Å². The summed E-state index contributed by atoms with van der Waals surface area (Å²) >= 11 is 0. The van der Waals surface area contributed by atoms with E-state index in [0.29, 0.717) is 60.9 Å². The summed E-state index contributed by atoms with van der Waals surface area (Å²) in [6.07, 6.45) is 4.69. The number of carbonyl (C=O) groups is 3. The summed E-state index contributed by atoms with van der Waals surface area (Å²) in [5.41, 5.74) is 3.06. The average molecular weight is 545 g/mol. The first-order chi connectivity index (χ1) is 19.5. The van der Waals surface area contributed by atoms with Gasteiger partial charge in [0, 0.05) is 43.0 Å². The second kappa shape index (κ2) is 12.5. The fourth-order valence-electron chi connectivity index (χ4n) is 4.95. The van der Waals surface area contributed by atoms with Gasteiger partial charge in [-0.25, -0.2) is 0 Å². The number of hydrogen-bond donors (Lipinski definition) is 2. The lowest BCUT2D eigenvalue weighted by Gasteiger charge is -2.27. The number of rotatable bonds is 2. The lowest BCUT2D eigenvalue weighted by atomic mass is 9.84. The number of benzene rings is 2. The largest absolute Gasteiger partial charge is 0.493 e. The molecule has 3 aliphatic heterocycles. The van der Waals surface area contributed by atoms with Gasteiger partial charge >= 0.3 is 0 Å². The maximum absolute atomic E-state index is 13.1. The van der Waals surface area contributed by atoms with E-state index in [2.05, 4.69) is 15.6 Å². The molecule has 1 aromatic heterocycles. The highest BCUT2D eigenvalue weighted by Crippen LogP contribution is 2.41. The van der Waals surface area contributed by atoms with Crippen LogP contribution in [0.25, 0.3) is 0 Å². The van der Waals surface area contributed by atoms with Crippen LogP contribution >= 0.6 is 0 Å². The number of fused-ring (bicyclic) bond motifs is 12. The fraction of sp³-hybridized carbons (Fsp3) is 0.333. The Morgan fingerprint density at radius 1 is 1.05 bits per heavy atom. The van der Waals surface area contributed by atoms with E-state index in [1.165, 1.54) is 11.1 Å². The number of methoxy groups -OCH3 is 1. The molecule has 10 heteroatoms. The Kier molecular flexibility index (Phi) is 8.44. The minimum atomic E-state index is -0.284. The van der Waals surface area contributed by atoms with E-state index in [9.17, 15) is 14.4 Å². The molecular weight excluding hydrogens is 512 g/mol. The first kappa shape index (κ1) is 27.0. The third-order valence-corrected chi connectivity index (χ3v) is 6.96. The van der Waals surface area contributed by atoms with Crippen molar-refractivity contribution in [3.05, 3.63) is 77.6 Å². The highest BCUT2D eigenvalue weighted by Gasteiger charge is 2.28. The number of pyridine rings is 1. The Labute approximate surface area is 232 Å². The van der Waals surface area contributed by atoms with Crippen molar-refractivity contribution in [3.63, 3.8) is 0 Å². The van der Waals surface area contributed by atoms with Gasteiger partial charge in [0.2, 0.25) is 11.8 Å². The summed E-state index contributed by atoms with van der Waals surface area (Å²) in [6.45, 7) is 1.18. The molecule has 3 aromatic rings.